The maximum Gasteiger partial charge on any atom is 0.225 e. The van der Waals surface area contributed by atoms with Crippen LogP contribution in [0.25, 0.3) is 0 Å². The van der Waals surface area contributed by atoms with E-state index in [0.29, 0.717) is 0 Å². The van der Waals surface area contributed by atoms with Gasteiger partial charge in [-0.2, -0.15) is 0 Å². The first kappa shape index (κ1) is 8.40. The molecule has 13 heavy (non-hydrogen) atoms. The van der Waals surface area contributed by atoms with Gasteiger partial charge in [0.2, 0.25) is 5.79 Å². The smallest absolute Gasteiger partial charge is 0.225 e. The average molecular weight is 186 g/mol. The molecular weight excluding hydrogens is 176 g/mol. The van der Waals surface area contributed by atoms with Gasteiger partial charge in [0.1, 0.15) is 0 Å². The van der Waals surface area contributed by atoms with E-state index in [9.17, 15) is 10.2 Å². The standard InChI is InChI=1S/C8H10O5/c1-11-4-3-8(10)7(13-8)6(12-2)5(4)9/h3,7,9-10H,1-2H3. The first-order chi connectivity index (χ1) is 6.12. The lowest BCUT2D eigenvalue weighted by Crippen LogP contribution is -2.21. The summed E-state index contributed by atoms with van der Waals surface area (Å²) in [5.74, 6) is -1.13. The van der Waals surface area contributed by atoms with Crippen molar-refractivity contribution in [2.75, 3.05) is 14.2 Å². The number of epoxide rings is 1. The lowest BCUT2D eigenvalue weighted by Gasteiger charge is -2.14. The van der Waals surface area contributed by atoms with Crippen molar-refractivity contribution in [2.45, 2.75) is 11.9 Å². The molecule has 0 bridgehead atoms. The number of aliphatic hydroxyl groups is 2. The van der Waals surface area contributed by atoms with Crippen LogP contribution in [0.3, 0.4) is 0 Å². The lowest BCUT2D eigenvalue weighted by molar-refractivity contribution is 0.0765. The Hall–Kier alpha value is -1.20. The Morgan fingerprint density at radius 3 is 2.69 bits per heavy atom. The van der Waals surface area contributed by atoms with Crippen molar-refractivity contribution in [2.24, 2.45) is 0 Å². The summed E-state index contributed by atoms with van der Waals surface area (Å²) >= 11 is 0. The Balaban J connectivity index is 2.39. The SMILES string of the molecule is COC1=CC2(O)OC2C(OC)=C1O. The molecule has 0 saturated carbocycles. The van der Waals surface area contributed by atoms with Gasteiger partial charge in [0.15, 0.2) is 23.4 Å². The van der Waals surface area contributed by atoms with Crippen LogP contribution < -0.4 is 0 Å². The van der Waals surface area contributed by atoms with Gasteiger partial charge in [0, 0.05) is 6.08 Å². The van der Waals surface area contributed by atoms with Crippen molar-refractivity contribution < 1.29 is 24.4 Å². The summed E-state index contributed by atoms with van der Waals surface area (Å²) in [6, 6.07) is 0. The van der Waals surface area contributed by atoms with Crippen LogP contribution in [0.5, 0.6) is 0 Å². The van der Waals surface area contributed by atoms with Gasteiger partial charge in [-0.1, -0.05) is 0 Å². The fraction of sp³-hybridized carbons (Fsp3) is 0.500. The third-order valence-corrected chi connectivity index (χ3v) is 2.11. The highest BCUT2D eigenvalue weighted by Crippen LogP contribution is 2.46. The summed E-state index contributed by atoms with van der Waals surface area (Å²) < 4.78 is 14.6. The molecule has 2 rings (SSSR count). The van der Waals surface area contributed by atoms with E-state index in [0.717, 1.165) is 0 Å². The molecule has 1 aliphatic heterocycles. The van der Waals surface area contributed by atoms with Crippen LogP contribution in [0, 0.1) is 0 Å². The van der Waals surface area contributed by atoms with Gasteiger partial charge in [0.25, 0.3) is 0 Å². The number of hydrogen-bond donors (Lipinski definition) is 2. The molecule has 1 heterocycles. The molecule has 72 valence electrons. The molecule has 0 aromatic rings. The molecule has 1 saturated heterocycles. The second kappa shape index (κ2) is 2.40. The zero-order valence-electron chi connectivity index (χ0n) is 7.27. The second-order valence-electron chi connectivity index (χ2n) is 2.88. The van der Waals surface area contributed by atoms with Crippen LogP contribution >= 0.6 is 0 Å². The van der Waals surface area contributed by atoms with Crippen molar-refractivity contribution in [3.63, 3.8) is 0 Å². The van der Waals surface area contributed by atoms with Crippen LogP contribution in [0.15, 0.2) is 23.4 Å². The van der Waals surface area contributed by atoms with Crippen molar-refractivity contribution in [1.82, 2.24) is 0 Å². The monoisotopic (exact) mass is 186 g/mol. The Labute approximate surface area is 74.8 Å². The van der Waals surface area contributed by atoms with Crippen molar-refractivity contribution in [3.05, 3.63) is 23.4 Å². The van der Waals surface area contributed by atoms with Crippen molar-refractivity contribution in [3.8, 4) is 0 Å². The zero-order chi connectivity index (χ0) is 9.64. The maximum atomic E-state index is 9.57. The summed E-state index contributed by atoms with van der Waals surface area (Å²) in [6.07, 6.45) is 0.714. The molecule has 1 aliphatic carbocycles. The van der Waals surface area contributed by atoms with Crippen LogP contribution in [-0.4, -0.2) is 36.3 Å². The van der Waals surface area contributed by atoms with Gasteiger partial charge in [-0.05, 0) is 0 Å². The van der Waals surface area contributed by atoms with Gasteiger partial charge >= 0.3 is 0 Å². The maximum absolute atomic E-state index is 9.57. The molecule has 2 atom stereocenters. The summed E-state index contributed by atoms with van der Waals surface area (Å²) in [5.41, 5.74) is 0. The summed E-state index contributed by atoms with van der Waals surface area (Å²) in [4.78, 5) is 0. The summed E-state index contributed by atoms with van der Waals surface area (Å²) in [5, 5.41) is 19.1. The number of methoxy groups -OCH3 is 2. The molecule has 1 fully saturated rings. The van der Waals surface area contributed by atoms with E-state index in [2.05, 4.69) is 0 Å². The fourth-order valence-corrected chi connectivity index (χ4v) is 1.37. The van der Waals surface area contributed by atoms with Crippen molar-refractivity contribution in [1.29, 1.82) is 0 Å². The normalized spacial score (nSPS) is 36.5. The zero-order valence-corrected chi connectivity index (χ0v) is 7.27. The molecule has 2 aliphatic rings. The van der Waals surface area contributed by atoms with Gasteiger partial charge in [-0.25, -0.2) is 0 Å². The van der Waals surface area contributed by atoms with Gasteiger partial charge < -0.3 is 24.4 Å². The Bertz CT molecular complexity index is 306. The fourth-order valence-electron chi connectivity index (χ4n) is 1.37. The largest absolute Gasteiger partial charge is 0.502 e. The predicted octanol–water partition coefficient (Wildman–Crippen LogP) is 0.0337. The molecule has 2 unspecified atom stereocenters. The highest BCUT2D eigenvalue weighted by molar-refractivity contribution is 5.38. The molecule has 0 spiro atoms. The lowest BCUT2D eigenvalue weighted by atomic mass is 10.1. The van der Waals surface area contributed by atoms with E-state index < -0.39 is 11.9 Å². The molecule has 0 radical (unpaired) electrons. The minimum Gasteiger partial charge on any atom is -0.502 e. The minimum atomic E-state index is -1.36. The van der Waals surface area contributed by atoms with Crippen LogP contribution in [0.2, 0.25) is 0 Å². The average Bonchev–Trinajstić information content (AvgIpc) is 2.76. The van der Waals surface area contributed by atoms with Crippen LogP contribution in [0.1, 0.15) is 0 Å². The molecule has 2 N–H and O–H groups in total. The van der Waals surface area contributed by atoms with E-state index >= 15 is 0 Å². The Morgan fingerprint density at radius 1 is 1.46 bits per heavy atom. The summed E-state index contributed by atoms with van der Waals surface area (Å²) in [6.45, 7) is 0. The van der Waals surface area contributed by atoms with E-state index in [1.54, 1.807) is 0 Å². The Morgan fingerprint density at radius 2 is 2.15 bits per heavy atom. The van der Waals surface area contributed by atoms with E-state index in [1.807, 2.05) is 0 Å². The number of aliphatic hydroxyl groups excluding tert-OH is 1. The Kier molecular flexibility index (Phi) is 1.55. The summed E-state index contributed by atoms with van der Waals surface area (Å²) in [7, 11) is 2.79. The van der Waals surface area contributed by atoms with E-state index in [4.69, 9.17) is 14.2 Å². The van der Waals surface area contributed by atoms with Crippen LogP contribution in [-0.2, 0) is 14.2 Å². The molecular formula is C8H10O5. The first-order valence-corrected chi connectivity index (χ1v) is 3.77. The van der Waals surface area contributed by atoms with E-state index in [1.165, 1.54) is 20.3 Å². The number of ether oxygens (including phenoxy) is 3. The molecule has 0 aromatic heterocycles. The number of fused-ring (bicyclic) bond motifs is 1. The van der Waals surface area contributed by atoms with Gasteiger partial charge in [-0.3, -0.25) is 0 Å². The van der Waals surface area contributed by atoms with Crippen molar-refractivity contribution >= 4 is 0 Å². The highest BCUT2D eigenvalue weighted by Gasteiger charge is 2.61. The predicted molar refractivity (Wildman–Crippen MR) is 41.6 cm³/mol. The topological polar surface area (TPSA) is 71.5 Å². The van der Waals surface area contributed by atoms with Gasteiger partial charge in [-0.15, -0.1) is 0 Å². The molecule has 5 heteroatoms. The van der Waals surface area contributed by atoms with E-state index in [-0.39, 0.29) is 17.3 Å². The van der Waals surface area contributed by atoms with Gasteiger partial charge in [0.05, 0.1) is 14.2 Å². The quantitative estimate of drug-likeness (QED) is 0.595. The first-order valence-electron chi connectivity index (χ1n) is 3.77. The van der Waals surface area contributed by atoms with Crippen LogP contribution in [0.4, 0.5) is 0 Å². The minimum absolute atomic E-state index is 0.128. The molecule has 0 amide bonds. The molecule has 0 aromatic carbocycles. The number of hydrogen-bond acceptors (Lipinski definition) is 5. The molecule has 5 nitrogen and oxygen atoms in total. The number of rotatable bonds is 2. The third-order valence-electron chi connectivity index (χ3n) is 2.11. The third kappa shape index (κ3) is 1.01. The highest BCUT2D eigenvalue weighted by atomic mass is 16.7. The second-order valence-corrected chi connectivity index (χ2v) is 2.88.